The summed E-state index contributed by atoms with van der Waals surface area (Å²) in [5, 5.41) is 1.09. The third kappa shape index (κ3) is 2.76. The Morgan fingerprint density at radius 3 is 2.88 bits per heavy atom. The molecule has 0 aromatic carbocycles. The highest BCUT2D eigenvalue weighted by atomic mass is 32.2. The number of rotatable bonds is 3. The third-order valence-corrected chi connectivity index (χ3v) is 3.92. The molecule has 0 saturated carbocycles. The Labute approximate surface area is 102 Å². The maximum Gasteiger partial charge on any atom is 0.100 e. The molecular weight excluding hydrogens is 214 g/mol. The Hall–Kier alpha value is -1.02. The predicted molar refractivity (Wildman–Crippen MR) is 70.3 cm³/mol. The average molecular weight is 231 g/mol. The van der Waals surface area contributed by atoms with Crippen LogP contribution in [0.25, 0.3) is 0 Å². The Morgan fingerprint density at radius 1 is 1.38 bits per heavy atom. The van der Waals surface area contributed by atoms with Gasteiger partial charge in [0.05, 0.1) is 0 Å². The highest BCUT2D eigenvalue weighted by Gasteiger charge is 2.14. The first-order valence-corrected chi connectivity index (χ1v) is 6.59. The number of hydrogen-bond donors (Lipinski definition) is 0. The van der Waals surface area contributed by atoms with Crippen molar-refractivity contribution in [3.05, 3.63) is 47.0 Å². The lowest BCUT2D eigenvalue weighted by Gasteiger charge is -2.20. The molecule has 0 fully saturated rings. The minimum Gasteiger partial charge on any atom is -0.250 e. The average Bonchev–Trinajstić information content (AvgIpc) is 2.31. The quantitative estimate of drug-likeness (QED) is 0.763. The van der Waals surface area contributed by atoms with Crippen molar-refractivity contribution >= 4 is 11.8 Å². The second kappa shape index (κ2) is 5.35. The van der Waals surface area contributed by atoms with Gasteiger partial charge in [0, 0.05) is 6.20 Å². The molecule has 0 N–H and O–H groups in total. The Kier molecular flexibility index (Phi) is 3.83. The molecule has 0 saturated heterocycles. The van der Waals surface area contributed by atoms with E-state index in [0.717, 1.165) is 11.4 Å². The molecule has 84 valence electrons. The van der Waals surface area contributed by atoms with Crippen LogP contribution in [0.2, 0.25) is 0 Å². The van der Waals surface area contributed by atoms with Crippen LogP contribution in [-0.2, 0) is 0 Å². The standard InChI is InChI=1S/C14H17NS/c1-3-12-7-8-13(10-11(12)2)16-14-6-4-5-9-15-14/h4-9,11H,3,10H2,1-2H3. The second-order valence-corrected chi connectivity index (χ2v) is 5.25. The lowest BCUT2D eigenvalue weighted by Crippen LogP contribution is -2.03. The Balaban J connectivity index is 2.08. The Bertz CT molecular complexity index is 406. The molecular formula is C14H17NS. The molecule has 1 aliphatic rings. The molecule has 1 aliphatic carbocycles. The van der Waals surface area contributed by atoms with Crippen LogP contribution in [0.4, 0.5) is 0 Å². The zero-order valence-corrected chi connectivity index (χ0v) is 10.6. The molecule has 1 nitrogen and oxygen atoms in total. The van der Waals surface area contributed by atoms with E-state index in [4.69, 9.17) is 0 Å². The largest absolute Gasteiger partial charge is 0.250 e. The van der Waals surface area contributed by atoms with E-state index in [0.29, 0.717) is 5.92 Å². The van der Waals surface area contributed by atoms with Crippen molar-refractivity contribution < 1.29 is 0 Å². The minimum absolute atomic E-state index is 0.682. The summed E-state index contributed by atoms with van der Waals surface area (Å²) in [5.41, 5.74) is 1.56. The first-order valence-electron chi connectivity index (χ1n) is 5.78. The van der Waals surface area contributed by atoms with Gasteiger partial charge in [0.25, 0.3) is 0 Å². The summed E-state index contributed by atoms with van der Waals surface area (Å²) >= 11 is 1.79. The van der Waals surface area contributed by atoms with Crippen LogP contribution in [0.5, 0.6) is 0 Å². The molecule has 2 rings (SSSR count). The summed E-state index contributed by atoms with van der Waals surface area (Å²) in [7, 11) is 0. The van der Waals surface area contributed by atoms with Crippen LogP contribution in [0.1, 0.15) is 26.7 Å². The molecule has 16 heavy (non-hydrogen) atoms. The normalized spacial score (nSPS) is 20.2. The second-order valence-electron chi connectivity index (χ2n) is 4.10. The van der Waals surface area contributed by atoms with E-state index in [1.54, 1.807) is 17.3 Å². The van der Waals surface area contributed by atoms with Gasteiger partial charge in [-0.05, 0) is 35.8 Å². The first kappa shape index (κ1) is 11.5. The fourth-order valence-corrected chi connectivity index (χ4v) is 2.95. The molecule has 0 amide bonds. The van der Waals surface area contributed by atoms with Crippen molar-refractivity contribution in [2.24, 2.45) is 5.92 Å². The van der Waals surface area contributed by atoms with Crippen LogP contribution < -0.4 is 0 Å². The number of pyridine rings is 1. The number of nitrogens with zero attached hydrogens (tertiary/aromatic N) is 1. The highest BCUT2D eigenvalue weighted by Crippen LogP contribution is 2.35. The van der Waals surface area contributed by atoms with Crippen LogP contribution >= 0.6 is 11.8 Å². The van der Waals surface area contributed by atoms with Crippen LogP contribution in [0.15, 0.2) is 52.1 Å². The monoisotopic (exact) mass is 231 g/mol. The number of allylic oxidation sites excluding steroid dienone is 4. The molecule has 0 aliphatic heterocycles. The van der Waals surface area contributed by atoms with E-state index in [1.165, 1.54) is 11.3 Å². The van der Waals surface area contributed by atoms with Gasteiger partial charge in [0.15, 0.2) is 0 Å². The van der Waals surface area contributed by atoms with Gasteiger partial charge in [-0.3, -0.25) is 0 Å². The topological polar surface area (TPSA) is 12.9 Å². The molecule has 1 unspecified atom stereocenters. The van der Waals surface area contributed by atoms with Gasteiger partial charge >= 0.3 is 0 Å². The summed E-state index contributed by atoms with van der Waals surface area (Å²) in [6.07, 6.45) is 8.69. The fraction of sp³-hybridized carbons (Fsp3) is 0.357. The molecule has 0 spiro atoms. The highest BCUT2D eigenvalue weighted by molar-refractivity contribution is 8.03. The predicted octanol–water partition coefficient (Wildman–Crippen LogP) is 4.43. The van der Waals surface area contributed by atoms with Crippen molar-refractivity contribution in [2.75, 3.05) is 0 Å². The lowest BCUT2D eigenvalue weighted by molar-refractivity contribution is 0.655. The van der Waals surface area contributed by atoms with Crippen LogP contribution in [0.3, 0.4) is 0 Å². The molecule has 1 atom stereocenters. The zero-order valence-electron chi connectivity index (χ0n) is 9.81. The van der Waals surface area contributed by atoms with E-state index in [-0.39, 0.29) is 0 Å². The van der Waals surface area contributed by atoms with Crippen LogP contribution in [-0.4, -0.2) is 4.98 Å². The van der Waals surface area contributed by atoms with Gasteiger partial charge in [-0.1, -0.05) is 49.4 Å². The van der Waals surface area contributed by atoms with Crippen molar-refractivity contribution in [1.82, 2.24) is 4.98 Å². The van der Waals surface area contributed by atoms with Crippen molar-refractivity contribution in [3.8, 4) is 0 Å². The van der Waals surface area contributed by atoms with Crippen LogP contribution in [0, 0.1) is 5.92 Å². The van der Waals surface area contributed by atoms with Gasteiger partial charge in [0.1, 0.15) is 5.03 Å². The third-order valence-electron chi connectivity index (χ3n) is 2.91. The maximum atomic E-state index is 4.34. The smallest absolute Gasteiger partial charge is 0.100 e. The molecule has 1 aromatic heterocycles. The number of thioether (sulfide) groups is 1. The van der Waals surface area contributed by atoms with Crippen molar-refractivity contribution in [2.45, 2.75) is 31.7 Å². The summed E-state index contributed by atoms with van der Waals surface area (Å²) in [4.78, 5) is 5.76. The molecule has 1 aromatic rings. The van der Waals surface area contributed by atoms with E-state index >= 15 is 0 Å². The van der Waals surface area contributed by atoms with Gasteiger partial charge in [0.2, 0.25) is 0 Å². The summed E-state index contributed by atoms with van der Waals surface area (Å²) < 4.78 is 0. The van der Waals surface area contributed by atoms with Crippen molar-refractivity contribution in [1.29, 1.82) is 0 Å². The van der Waals surface area contributed by atoms with Gasteiger partial charge < -0.3 is 0 Å². The summed E-state index contributed by atoms with van der Waals surface area (Å²) in [5.74, 6) is 0.682. The SMILES string of the molecule is CCC1=CC=C(Sc2ccccn2)CC1C. The number of hydrogen-bond acceptors (Lipinski definition) is 2. The van der Waals surface area contributed by atoms with E-state index < -0.39 is 0 Å². The molecule has 1 heterocycles. The van der Waals surface area contributed by atoms with E-state index in [2.05, 4.69) is 37.0 Å². The maximum absolute atomic E-state index is 4.34. The molecule has 2 heteroatoms. The number of aromatic nitrogens is 1. The first-order chi connectivity index (χ1) is 7.79. The van der Waals surface area contributed by atoms with Gasteiger partial charge in [-0.25, -0.2) is 4.98 Å². The van der Waals surface area contributed by atoms with Crippen molar-refractivity contribution in [3.63, 3.8) is 0 Å². The fourth-order valence-electron chi connectivity index (χ4n) is 1.95. The Morgan fingerprint density at radius 2 is 2.25 bits per heavy atom. The molecule has 0 bridgehead atoms. The lowest BCUT2D eigenvalue weighted by atomic mass is 9.91. The summed E-state index contributed by atoms with van der Waals surface area (Å²) in [6, 6.07) is 6.06. The molecule has 0 radical (unpaired) electrons. The zero-order chi connectivity index (χ0) is 11.4. The van der Waals surface area contributed by atoms with E-state index in [9.17, 15) is 0 Å². The van der Waals surface area contributed by atoms with Gasteiger partial charge in [-0.15, -0.1) is 0 Å². The van der Waals surface area contributed by atoms with Gasteiger partial charge in [-0.2, -0.15) is 0 Å². The van der Waals surface area contributed by atoms with E-state index in [1.807, 2.05) is 18.3 Å². The minimum atomic E-state index is 0.682. The summed E-state index contributed by atoms with van der Waals surface area (Å²) in [6.45, 7) is 4.54.